The van der Waals surface area contributed by atoms with Crippen LogP contribution in [0.4, 0.5) is 5.13 Å². The Morgan fingerprint density at radius 1 is 1.04 bits per heavy atom. The Hall–Kier alpha value is -1.62. The lowest BCUT2D eigenvalue weighted by molar-refractivity contribution is 0.0697. The fraction of sp³-hybridized carbons (Fsp3) is 0.600. The minimum absolute atomic E-state index is 0.176. The number of piperidine rings is 2. The van der Waals surface area contributed by atoms with Crippen LogP contribution < -0.4 is 4.90 Å². The highest BCUT2D eigenvalue weighted by atomic mass is 32.1. The van der Waals surface area contributed by atoms with Crippen LogP contribution >= 0.6 is 11.3 Å². The summed E-state index contributed by atoms with van der Waals surface area (Å²) in [5.41, 5.74) is 1.83. The molecule has 1 amide bonds. The molecule has 25 heavy (non-hydrogen) atoms. The van der Waals surface area contributed by atoms with E-state index in [0.717, 1.165) is 71.8 Å². The van der Waals surface area contributed by atoms with Crippen molar-refractivity contribution in [3.05, 3.63) is 23.8 Å². The number of benzene rings is 1. The van der Waals surface area contributed by atoms with E-state index in [2.05, 4.69) is 18.7 Å². The summed E-state index contributed by atoms with van der Waals surface area (Å²) in [6, 6.07) is 6.01. The number of amides is 1. The molecule has 0 bridgehead atoms. The number of aromatic nitrogens is 1. The Morgan fingerprint density at radius 2 is 1.68 bits per heavy atom. The van der Waals surface area contributed by atoms with Gasteiger partial charge in [0.15, 0.2) is 5.13 Å². The van der Waals surface area contributed by atoms with E-state index in [1.165, 1.54) is 12.8 Å². The molecular weight excluding hydrogens is 330 g/mol. The minimum atomic E-state index is 0.176. The Bertz CT molecular complexity index is 755. The number of rotatable bonds is 2. The number of fused-ring (bicyclic) bond motifs is 1. The lowest BCUT2D eigenvalue weighted by Crippen LogP contribution is -2.37. The Morgan fingerprint density at radius 3 is 2.36 bits per heavy atom. The van der Waals surface area contributed by atoms with Gasteiger partial charge in [0.25, 0.3) is 5.91 Å². The molecule has 2 aliphatic heterocycles. The van der Waals surface area contributed by atoms with Crippen molar-refractivity contribution in [1.29, 1.82) is 0 Å². The zero-order valence-corrected chi connectivity index (χ0v) is 16.0. The van der Waals surface area contributed by atoms with Crippen molar-refractivity contribution < 1.29 is 4.79 Å². The van der Waals surface area contributed by atoms with E-state index in [4.69, 9.17) is 4.98 Å². The van der Waals surface area contributed by atoms with Gasteiger partial charge >= 0.3 is 0 Å². The van der Waals surface area contributed by atoms with Gasteiger partial charge < -0.3 is 9.80 Å². The van der Waals surface area contributed by atoms with Crippen LogP contribution in [0, 0.1) is 11.8 Å². The van der Waals surface area contributed by atoms with Gasteiger partial charge in [0.05, 0.1) is 10.2 Å². The third-order valence-corrected chi connectivity index (χ3v) is 6.83. The molecule has 2 fully saturated rings. The van der Waals surface area contributed by atoms with Crippen molar-refractivity contribution in [2.45, 2.75) is 39.5 Å². The van der Waals surface area contributed by atoms with Crippen molar-refractivity contribution in [2.24, 2.45) is 11.8 Å². The first kappa shape index (κ1) is 16.8. The molecule has 4 nitrogen and oxygen atoms in total. The summed E-state index contributed by atoms with van der Waals surface area (Å²) in [4.78, 5) is 22.0. The normalized spacial score (nSPS) is 20.4. The minimum Gasteiger partial charge on any atom is -0.348 e. The number of nitrogens with zero attached hydrogens (tertiary/aromatic N) is 3. The topological polar surface area (TPSA) is 36.4 Å². The molecule has 0 aliphatic carbocycles. The Labute approximate surface area is 153 Å². The summed E-state index contributed by atoms with van der Waals surface area (Å²) in [6.45, 7) is 8.57. The van der Waals surface area contributed by atoms with E-state index in [9.17, 15) is 4.79 Å². The molecule has 3 heterocycles. The molecule has 0 N–H and O–H groups in total. The van der Waals surface area contributed by atoms with Crippen molar-refractivity contribution in [1.82, 2.24) is 9.88 Å². The van der Waals surface area contributed by atoms with E-state index in [-0.39, 0.29) is 5.91 Å². The quantitative estimate of drug-likeness (QED) is 0.799. The third kappa shape index (κ3) is 3.52. The highest BCUT2D eigenvalue weighted by Gasteiger charge is 2.23. The smallest absolute Gasteiger partial charge is 0.253 e. The molecule has 0 spiro atoms. The summed E-state index contributed by atoms with van der Waals surface area (Å²) in [7, 11) is 0. The fourth-order valence-corrected chi connectivity index (χ4v) is 4.83. The first-order valence-corrected chi connectivity index (χ1v) is 10.4. The molecule has 0 atom stereocenters. The molecule has 1 aromatic heterocycles. The van der Waals surface area contributed by atoms with Crippen molar-refractivity contribution in [3.63, 3.8) is 0 Å². The van der Waals surface area contributed by atoms with E-state index in [1.54, 1.807) is 11.3 Å². The maximum Gasteiger partial charge on any atom is 0.253 e. The Balaban J connectivity index is 1.53. The second kappa shape index (κ2) is 6.94. The highest BCUT2D eigenvalue weighted by molar-refractivity contribution is 7.22. The van der Waals surface area contributed by atoms with Crippen LogP contribution in [0.3, 0.4) is 0 Å². The van der Waals surface area contributed by atoms with Gasteiger partial charge in [-0.05, 0) is 55.7 Å². The predicted molar refractivity (Wildman–Crippen MR) is 105 cm³/mol. The van der Waals surface area contributed by atoms with Crippen molar-refractivity contribution in [3.8, 4) is 0 Å². The van der Waals surface area contributed by atoms with Crippen LogP contribution in [-0.4, -0.2) is 42.0 Å². The molecule has 134 valence electrons. The average molecular weight is 358 g/mol. The molecule has 2 aliphatic rings. The fourth-order valence-electron chi connectivity index (χ4n) is 3.77. The number of hydrogen-bond donors (Lipinski definition) is 0. The molecule has 1 aromatic carbocycles. The molecule has 0 saturated carbocycles. The molecule has 0 radical (unpaired) electrons. The van der Waals surface area contributed by atoms with Gasteiger partial charge in [-0.3, -0.25) is 4.79 Å². The molecule has 2 saturated heterocycles. The van der Waals surface area contributed by atoms with Crippen LogP contribution in [0.25, 0.3) is 10.2 Å². The Kier molecular flexibility index (Phi) is 4.67. The first-order valence-electron chi connectivity index (χ1n) is 9.55. The summed E-state index contributed by atoms with van der Waals surface area (Å²) < 4.78 is 1.13. The van der Waals surface area contributed by atoms with Crippen LogP contribution in [0.2, 0.25) is 0 Å². The van der Waals surface area contributed by atoms with E-state index < -0.39 is 0 Å². The monoisotopic (exact) mass is 357 g/mol. The maximum absolute atomic E-state index is 12.8. The van der Waals surface area contributed by atoms with Crippen molar-refractivity contribution >= 4 is 32.6 Å². The standard InChI is InChI=1S/C20H27N3OS/c1-14-5-9-22(10-6-14)19(24)16-3-4-17-18(13-16)25-20(21-17)23-11-7-15(2)8-12-23/h3-4,13-15H,5-12H2,1-2H3. The molecular formula is C20H27N3OS. The number of likely N-dealkylation sites (tertiary alicyclic amines) is 1. The van der Waals surface area contributed by atoms with Gasteiger partial charge in [0.1, 0.15) is 0 Å². The summed E-state index contributed by atoms with van der Waals surface area (Å²) >= 11 is 1.73. The summed E-state index contributed by atoms with van der Waals surface area (Å²) in [5.74, 6) is 1.74. The second-order valence-electron chi connectivity index (χ2n) is 7.82. The van der Waals surface area contributed by atoms with Gasteiger partial charge in [0.2, 0.25) is 0 Å². The first-order chi connectivity index (χ1) is 12.1. The zero-order chi connectivity index (χ0) is 17.4. The van der Waals surface area contributed by atoms with Gasteiger partial charge in [-0.25, -0.2) is 4.98 Å². The van der Waals surface area contributed by atoms with Gasteiger partial charge in [-0.1, -0.05) is 25.2 Å². The molecule has 4 rings (SSSR count). The SMILES string of the molecule is CC1CCN(C(=O)c2ccc3nc(N4CCC(C)CC4)sc3c2)CC1. The summed E-state index contributed by atoms with van der Waals surface area (Å²) in [5, 5.41) is 1.11. The number of hydrogen-bond acceptors (Lipinski definition) is 4. The van der Waals surface area contributed by atoms with Crippen LogP contribution in [-0.2, 0) is 0 Å². The lowest BCUT2D eigenvalue weighted by Gasteiger charge is -2.30. The maximum atomic E-state index is 12.8. The number of carbonyl (C=O) groups excluding carboxylic acids is 1. The zero-order valence-electron chi connectivity index (χ0n) is 15.2. The van der Waals surface area contributed by atoms with Gasteiger partial charge in [-0.15, -0.1) is 0 Å². The van der Waals surface area contributed by atoms with E-state index in [1.807, 2.05) is 23.1 Å². The highest BCUT2D eigenvalue weighted by Crippen LogP contribution is 2.32. The number of carbonyl (C=O) groups is 1. The second-order valence-corrected chi connectivity index (χ2v) is 8.83. The molecule has 0 unspecified atom stereocenters. The lowest BCUT2D eigenvalue weighted by atomic mass is 9.98. The van der Waals surface area contributed by atoms with Crippen LogP contribution in [0.1, 0.15) is 49.9 Å². The van der Waals surface area contributed by atoms with Crippen LogP contribution in [0.5, 0.6) is 0 Å². The number of thiazole rings is 1. The van der Waals surface area contributed by atoms with E-state index in [0.29, 0.717) is 0 Å². The van der Waals surface area contributed by atoms with E-state index >= 15 is 0 Å². The van der Waals surface area contributed by atoms with Gasteiger partial charge in [-0.2, -0.15) is 0 Å². The molecule has 5 heteroatoms. The largest absolute Gasteiger partial charge is 0.348 e. The average Bonchev–Trinajstić information content (AvgIpc) is 3.05. The third-order valence-electron chi connectivity index (χ3n) is 5.75. The van der Waals surface area contributed by atoms with Crippen LogP contribution in [0.15, 0.2) is 18.2 Å². The summed E-state index contributed by atoms with van der Waals surface area (Å²) in [6.07, 6.45) is 4.72. The van der Waals surface area contributed by atoms with Gasteiger partial charge in [0, 0.05) is 31.7 Å². The van der Waals surface area contributed by atoms with Crippen molar-refractivity contribution in [2.75, 3.05) is 31.1 Å². The predicted octanol–water partition coefficient (Wildman–Crippen LogP) is 4.40. The number of anilines is 1. The molecule has 2 aromatic rings.